The molecule has 0 bridgehead atoms. The fourth-order valence-electron chi connectivity index (χ4n) is 4.96. The van der Waals surface area contributed by atoms with Crippen LogP contribution in [0.5, 0.6) is 0 Å². The van der Waals surface area contributed by atoms with Gasteiger partial charge in [-0.05, 0) is 79.9 Å². The first-order valence-corrected chi connectivity index (χ1v) is 14.9. The molecule has 2 fully saturated rings. The van der Waals surface area contributed by atoms with Gasteiger partial charge in [0.1, 0.15) is 6.10 Å². The van der Waals surface area contributed by atoms with Gasteiger partial charge in [0.05, 0.1) is 6.04 Å². The Balaban J connectivity index is 1.38. The third kappa shape index (κ3) is 7.64. The van der Waals surface area contributed by atoms with E-state index in [2.05, 4.69) is 43.4 Å². The lowest BCUT2D eigenvalue weighted by Crippen LogP contribution is -2.54. The van der Waals surface area contributed by atoms with E-state index in [4.69, 9.17) is 4.74 Å². The number of ether oxygens (including phenoxy) is 1. The van der Waals surface area contributed by atoms with Crippen LogP contribution in [-0.2, 0) is 16.1 Å². The van der Waals surface area contributed by atoms with Crippen molar-refractivity contribution in [1.29, 1.82) is 0 Å². The first-order valence-electron chi connectivity index (χ1n) is 13.8. The molecule has 0 radical (unpaired) electrons. The van der Waals surface area contributed by atoms with Crippen LogP contribution >= 0.6 is 11.8 Å². The largest absolute Gasteiger partial charge is 0.482 e. The predicted octanol–water partition coefficient (Wildman–Crippen LogP) is 6.36. The molecule has 0 aromatic heterocycles. The molecular weight excluding hydrogens is 480 g/mol. The molecule has 2 unspecified atom stereocenters. The van der Waals surface area contributed by atoms with E-state index in [0.717, 1.165) is 49.0 Å². The summed E-state index contributed by atoms with van der Waals surface area (Å²) in [6, 6.07) is 15.9. The van der Waals surface area contributed by atoms with Gasteiger partial charge in [-0.25, -0.2) is 0 Å². The molecule has 198 valence electrons. The van der Waals surface area contributed by atoms with Gasteiger partial charge in [-0.2, -0.15) is 11.8 Å². The van der Waals surface area contributed by atoms with E-state index >= 15 is 0 Å². The summed E-state index contributed by atoms with van der Waals surface area (Å²) in [5.74, 6) is 2.55. The number of carbonyl (C=O) groups excluding carboxylic acids is 2. The maximum Gasteiger partial charge on any atom is 0.289 e. The molecule has 1 saturated carbocycles. The normalized spacial score (nSPS) is 20.4. The highest BCUT2D eigenvalue weighted by atomic mass is 32.2. The molecule has 37 heavy (non-hydrogen) atoms. The van der Waals surface area contributed by atoms with E-state index in [1.165, 1.54) is 24.2 Å². The van der Waals surface area contributed by atoms with Crippen molar-refractivity contribution in [1.82, 2.24) is 10.2 Å². The third-order valence-electron chi connectivity index (χ3n) is 7.16. The lowest BCUT2D eigenvalue weighted by Gasteiger charge is -2.44. The van der Waals surface area contributed by atoms with E-state index in [-0.39, 0.29) is 24.0 Å². The summed E-state index contributed by atoms with van der Waals surface area (Å²) in [6.07, 6.45) is 9.52. The Bertz CT molecular complexity index is 1060. The van der Waals surface area contributed by atoms with Gasteiger partial charge in [0, 0.05) is 18.7 Å². The highest BCUT2D eigenvalue weighted by Gasteiger charge is 2.41. The predicted molar refractivity (Wildman–Crippen MR) is 152 cm³/mol. The molecule has 2 aromatic carbocycles. The monoisotopic (exact) mass is 520 g/mol. The summed E-state index contributed by atoms with van der Waals surface area (Å²) in [5.41, 5.74) is 3.84. The average Bonchev–Trinajstić information content (AvgIpc) is 2.92. The maximum atomic E-state index is 13.5. The first-order chi connectivity index (χ1) is 18.0. The van der Waals surface area contributed by atoms with Crippen molar-refractivity contribution >= 4 is 29.7 Å². The molecule has 2 aliphatic rings. The molecule has 1 N–H and O–H groups in total. The Kier molecular flexibility index (Phi) is 10.1. The van der Waals surface area contributed by atoms with Crippen molar-refractivity contribution in [2.75, 3.05) is 18.1 Å². The molecule has 1 aliphatic heterocycles. The number of nitrogens with zero attached hydrogens (tertiary/aromatic N) is 1. The summed E-state index contributed by atoms with van der Waals surface area (Å²) >= 11 is 1.95. The number of unbranched alkanes of at least 4 members (excludes halogenated alkanes) is 1. The van der Waals surface area contributed by atoms with Crippen LogP contribution in [-0.4, -0.2) is 46.9 Å². The average molecular weight is 521 g/mol. The topological polar surface area (TPSA) is 58.6 Å². The number of nitrogens with one attached hydrogen (secondary N) is 1. The number of amides is 2. The van der Waals surface area contributed by atoms with Gasteiger partial charge in [0.15, 0.2) is 5.76 Å². The van der Waals surface area contributed by atoms with Crippen molar-refractivity contribution in [3.63, 3.8) is 0 Å². The molecule has 1 heterocycles. The van der Waals surface area contributed by atoms with Crippen LogP contribution in [0.4, 0.5) is 0 Å². The smallest absolute Gasteiger partial charge is 0.289 e. The van der Waals surface area contributed by atoms with Crippen LogP contribution in [0.3, 0.4) is 0 Å². The van der Waals surface area contributed by atoms with Gasteiger partial charge < -0.3 is 15.0 Å². The summed E-state index contributed by atoms with van der Waals surface area (Å²) in [4.78, 5) is 28.0. The number of aryl methyl sites for hydroxylation is 1. The first kappa shape index (κ1) is 27.3. The van der Waals surface area contributed by atoms with Gasteiger partial charge in [-0.15, -0.1) is 0 Å². The maximum absolute atomic E-state index is 13.5. The van der Waals surface area contributed by atoms with Crippen molar-refractivity contribution in [3.05, 3.63) is 76.5 Å². The second-order valence-corrected chi connectivity index (χ2v) is 11.4. The molecule has 2 amide bonds. The number of hydrogen-bond donors (Lipinski definition) is 1. The minimum Gasteiger partial charge on any atom is -0.482 e. The van der Waals surface area contributed by atoms with E-state index in [9.17, 15) is 9.59 Å². The van der Waals surface area contributed by atoms with E-state index in [1.807, 2.05) is 47.0 Å². The number of rotatable bonds is 11. The zero-order valence-corrected chi connectivity index (χ0v) is 23.0. The Hall–Kier alpha value is -2.73. The lowest BCUT2D eigenvalue weighted by atomic mass is 9.89. The van der Waals surface area contributed by atoms with Gasteiger partial charge in [0.2, 0.25) is 0 Å². The molecule has 1 aliphatic carbocycles. The number of carbonyl (C=O) groups is 2. The standard InChI is InChI=1S/C31H40N2O3S/c1-3-4-19-37-20-7-18-32-30(34)26-16-14-24(15-17-26)21-29-31(35)33(22-25-12-10-23(2)11-13-25)27-8-5-6-9-28(27)36-29/h10-17,21,27-28H,3-9,18-20,22H2,1-2H3,(H,32,34)/b29-21+. The highest BCUT2D eigenvalue weighted by molar-refractivity contribution is 7.99. The Morgan fingerprint density at radius 2 is 1.78 bits per heavy atom. The van der Waals surface area contributed by atoms with Crippen molar-refractivity contribution < 1.29 is 14.3 Å². The molecule has 2 aromatic rings. The molecule has 0 spiro atoms. The Morgan fingerprint density at radius 3 is 2.54 bits per heavy atom. The van der Waals surface area contributed by atoms with Crippen LogP contribution in [0.1, 0.15) is 78.9 Å². The number of hydrogen-bond acceptors (Lipinski definition) is 4. The summed E-state index contributed by atoms with van der Waals surface area (Å²) < 4.78 is 6.26. The molecule has 2 atom stereocenters. The lowest BCUT2D eigenvalue weighted by molar-refractivity contribution is -0.149. The third-order valence-corrected chi connectivity index (χ3v) is 8.31. The highest BCUT2D eigenvalue weighted by Crippen LogP contribution is 2.34. The van der Waals surface area contributed by atoms with E-state index in [0.29, 0.717) is 24.4 Å². The van der Waals surface area contributed by atoms with Crippen LogP contribution in [0.2, 0.25) is 0 Å². The fraction of sp³-hybridized carbons (Fsp3) is 0.484. The SMILES string of the molecule is CCCCSCCCNC(=O)c1ccc(/C=C2/OC3CCCCC3N(Cc3ccc(C)cc3)C2=O)cc1. The van der Waals surface area contributed by atoms with Crippen molar-refractivity contribution in [3.8, 4) is 0 Å². The Morgan fingerprint density at radius 1 is 1.05 bits per heavy atom. The van der Waals surface area contributed by atoms with Crippen LogP contribution in [0.15, 0.2) is 54.3 Å². The molecule has 5 nitrogen and oxygen atoms in total. The van der Waals surface area contributed by atoms with Crippen molar-refractivity contribution in [2.45, 2.75) is 77.5 Å². The quantitative estimate of drug-likeness (QED) is 0.277. The minimum atomic E-state index is -0.0583. The zero-order valence-electron chi connectivity index (χ0n) is 22.2. The summed E-state index contributed by atoms with van der Waals surface area (Å²) in [6.45, 7) is 5.56. The molecule has 4 rings (SSSR count). The summed E-state index contributed by atoms with van der Waals surface area (Å²) in [5, 5.41) is 3.01. The van der Waals surface area contributed by atoms with Gasteiger partial charge in [-0.3, -0.25) is 9.59 Å². The number of morpholine rings is 1. The van der Waals surface area contributed by atoms with Gasteiger partial charge in [-0.1, -0.05) is 61.7 Å². The van der Waals surface area contributed by atoms with Crippen LogP contribution in [0.25, 0.3) is 6.08 Å². The number of fused-ring (bicyclic) bond motifs is 1. The molecule has 1 saturated heterocycles. The van der Waals surface area contributed by atoms with E-state index in [1.54, 1.807) is 0 Å². The van der Waals surface area contributed by atoms with Gasteiger partial charge >= 0.3 is 0 Å². The fourth-order valence-corrected chi connectivity index (χ4v) is 6.01. The van der Waals surface area contributed by atoms with Crippen LogP contribution < -0.4 is 5.32 Å². The van der Waals surface area contributed by atoms with Gasteiger partial charge in [0.25, 0.3) is 11.8 Å². The zero-order chi connectivity index (χ0) is 26.0. The molecular formula is C31H40N2O3S. The number of benzene rings is 2. The summed E-state index contributed by atoms with van der Waals surface area (Å²) in [7, 11) is 0. The second-order valence-electron chi connectivity index (χ2n) is 10.1. The molecule has 6 heteroatoms. The van der Waals surface area contributed by atoms with Crippen LogP contribution in [0, 0.1) is 6.92 Å². The minimum absolute atomic E-state index is 0.0355. The van der Waals surface area contributed by atoms with E-state index < -0.39 is 0 Å². The number of thioether (sulfide) groups is 1. The second kappa shape index (κ2) is 13.7. The Labute approximate surface area is 226 Å². The van der Waals surface area contributed by atoms with Crippen molar-refractivity contribution in [2.24, 2.45) is 0 Å².